The summed E-state index contributed by atoms with van der Waals surface area (Å²) in [4.78, 5) is 28.3. The zero-order chi connectivity index (χ0) is 37.3. The van der Waals surface area contributed by atoms with Gasteiger partial charge in [-0.05, 0) is 65.6 Å². The average Bonchev–Trinajstić information content (AvgIpc) is 3.66. The molecule has 0 bridgehead atoms. The van der Waals surface area contributed by atoms with Gasteiger partial charge in [0.15, 0.2) is 0 Å². The number of hydrogen-bond acceptors (Lipinski definition) is 5. The Bertz CT molecular complexity index is 2420. The minimum absolute atomic E-state index is 0.0926. The minimum atomic E-state index is -0.406. The number of anilines is 2. The topological polar surface area (TPSA) is 105 Å². The van der Waals surface area contributed by atoms with Gasteiger partial charge in [-0.2, -0.15) is 5.10 Å². The monoisotopic (exact) mass is 708 g/mol. The van der Waals surface area contributed by atoms with Gasteiger partial charge in [-0.15, -0.1) is 0 Å². The van der Waals surface area contributed by atoms with Crippen LogP contribution in [-0.2, 0) is 11.2 Å². The lowest BCUT2D eigenvalue weighted by atomic mass is 9.96. The van der Waals surface area contributed by atoms with Crippen molar-refractivity contribution in [2.24, 2.45) is 0 Å². The lowest BCUT2D eigenvalue weighted by Crippen LogP contribution is -2.17. The third-order valence-electron chi connectivity index (χ3n) is 8.60. The second-order valence-electron chi connectivity index (χ2n) is 12.4. The Labute approximate surface area is 313 Å². The zero-order valence-electron chi connectivity index (χ0n) is 29.2. The number of amides is 2. The molecule has 7 aromatic rings. The van der Waals surface area contributed by atoms with Gasteiger partial charge in [-0.1, -0.05) is 122 Å². The van der Waals surface area contributed by atoms with E-state index >= 15 is 0 Å². The number of carbonyl (C=O) groups excluding carboxylic acids is 2. The van der Waals surface area contributed by atoms with Gasteiger partial charge >= 0.3 is 0 Å². The number of allylic oxidation sites excluding steroid dienone is 1. The van der Waals surface area contributed by atoms with Crippen LogP contribution in [0.2, 0.25) is 0 Å². The van der Waals surface area contributed by atoms with Crippen molar-refractivity contribution in [1.82, 2.24) is 9.78 Å². The van der Waals surface area contributed by atoms with Gasteiger partial charge in [0, 0.05) is 40.8 Å². The molecule has 6 aromatic carbocycles. The average molecular weight is 709 g/mol. The summed E-state index contributed by atoms with van der Waals surface area (Å²) in [5.41, 5.74) is 6.02. The van der Waals surface area contributed by atoms with Gasteiger partial charge in [0.05, 0.1) is 11.3 Å². The summed E-state index contributed by atoms with van der Waals surface area (Å²) in [6.07, 6.45) is 4.08. The number of phenolic OH excluding ortho intramolecular Hbond substituents is 1. The summed E-state index contributed by atoms with van der Waals surface area (Å²) in [6.45, 7) is 4.29. The maximum Gasteiger partial charge on any atom is 0.259 e. The van der Waals surface area contributed by atoms with E-state index in [1.54, 1.807) is 41.2 Å². The number of nitrogens with one attached hydrogen (secondary N) is 2. The first-order chi connectivity index (χ1) is 26.4. The lowest BCUT2D eigenvalue weighted by Gasteiger charge is -2.15. The molecule has 0 saturated carbocycles. The van der Waals surface area contributed by atoms with Crippen molar-refractivity contribution in [3.63, 3.8) is 0 Å². The van der Waals surface area contributed by atoms with Crippen LogP contribution in [0.5, 0.6) is 17.2 Å². The maximum atomic E-state index is 14.1. The van der Waals surface area contributed by atoms with Crippen molar-refractivity contribution in [3.05, 3.63) is 205 Å². The number of benzene rings is 6. The molecule has 8 nitrogen and oxygen atoms in total. The molecule has 264 valence electrons. The normalized spacial score (nSPS) is 11.1. The summed E-state index contributed by atoms with van der Waals surface area (Å²) in [7, 11) is 0. The van der Waals surface area contributed by atoms with Crippen molar-refractivity contribution in [1.29, 1.82) is 0 Å². The van der Waals surface area contributed by atoms with Crippen molar-refractivity contribution < 1.29 is 19.4 Å². The van der Waals surface area contributed by atoms with E-state index in [1.807, 2.05) is 127 Å². The molecule has 1 aromatic heterocycles. The largest absolute Gasteiger partial charge is 0.508 e. The number of ether oxygens (including phenoxy) is 1. The number of aromatic nitrogens is 2. The second kappa shape index (κ2) is 16.3. The molecule has 8 heteroatoms. The summed E-state index contributed by atoms with van der Waals surface area (Å²) < 4.78 is 7.84. The number of aromatic hydroxyl groups is 1. The first kappa shape index (κ1) is 35.0. The molecule has 7 rings (SSSR count). The molecule has 0 atom stereocenters. The number of hydrogen-bond donors (Lipinski definition) is 3. The third kappa shape index (κ3) is 8.53. The Hall–Kier alpha value is -7.45. The molecule has 0 aliphatic rings. The molecule has 3 N–H and O–H groups in total. The highest BCUT2D eigenvalue weighted by Gasteiger charge is 2.21. The molecule has 0 saturated heterocycles. The van der Waals surface area contributed by atoms with E-state index in [4.69, 9.17) is 9.84 Å². The molecular formula is C46H36N4O4. The first-order valence-electron chi connectivity index (χ1n) is 17.3. The van der Waals surface area contributed by atoms with Crippen LogP contribution < -0.4 is 15.4 Å². The summed E-state index contributed by atoms with van der Waals surface area (Å²) in [5.74, 6) is 0.0964. The Kier molecular flexibility index (Phi) is 10.5. The van der Waals surface area contributed by atoms with Crippen LogP contribution >= 0.6 is 0 Å². The number of nitrogens with zero attached hydrogens (tertiary/aromatic N) is 2. The van der Waals surface area contributed by atoms with Crippen LogP contribution in [0.25, 0.3) is 22.5 Å². The fraction of sp³-hybridized carbons (Fsp3) is 0.0217. The predicted octanol–water partition coefficient (Wildman–Crippen LogP) is 10.1. The molecule has 0 unspecified atom stereocenters. The van der Waals surface area contributed by atoms with Crippen LogP contribution in [0.1, 0.15) is 21.5 Å². The van der Waals surface area contributed by atoms with Gasteiger partial charge in [0.25, 0.3) is 11.8 Å². The molecule has 0 spiro atoms. The van der Waals surface area contributed by atoms with Crippen LogP contribution in [0.4, 0.5) is 11.4 Å². The van der Waals surface area contributed by atoms with E-state index in [-0.39, 0.29) is 11.7 Å². The standard InChI is InChI=1S/C46H36N4O4/c1-32(34-16-8-3-9-17-34)42(27-22-33-14-6-2-7-15-33)45(52)47-36-28-37(30-41(29-36)54-40-25-23-39(51)24-26-40)48-46(53)43-31-50(38-20-12-5-13-21-38)49-44(43)35-18-10-4-11-19-35/h2-21,23-31,51H,1,22H2,(H,47,52)(H,48,53)/b42-27+. The summed E-state index contributed by atoms with van der Waals surface area (Å²) in [6, 6.07) is 49.8. The van der Waals surface area contributed by atoms with Crippen LogP contribution in [0, 0.1) is 0 Å². The Morgan fingerprint density at radius 1 is 0.704 bits per heavy atom. The summed E-state index contributed by atoms with van der Waals surface area (Å²) >= 11 is 0. The molecule has 0 aliphatic carbocycles. The van der Waals surface area contributed by atoms with E-state index in [1.165, 1.54) is 12.1 Å². The Morgan fingerprint density at radius 2 is 1.30 bits per heavy atom. The second-order valence-corrected chi connectivity index (χ2v) is 12.4. The van der Waals surface area contributed by atoms with Crippen LogP contribution in [0.3, 0.4) is 0 Å². The third-order valence-corrected chi connectivity index (χ3v) is 8.60. The predicted molar refractivity (Wildman–Crippen MR) is 214 cm³/mol. The SMILES string of the molecule is C=C(/C(=C\Cc1ccccc1)C(=O)Nc1cc(NC(=O)c2cn(-c3ccccc3)nc2-c2ccccc2)cc(Oc2ccc(O)cc2)c1)c1ccccc1. The quantitative estimate of drug-likeness (QED) is 0.0866. The Balaban J connectivity index is 1.23. The highest BCUT2D eigenvalue weighted by Crippen LogP contribution is 2.32. The molecule has 54 heavy (non-hydrogen) atoms. The number of phenols is 1. The lowest BCUT2D eigenvalue weighted by molar-refractivity contribution is -0.112. The van der Waals surface area contributed by atoms with E-state index < -0.39 is 5.91 Å². The van der Waals surface area contributed by atoms with Crippen LogP contribution in [-0.4, -0.2) is 26.7 Å². The minimum Gasteiger partial charge on any atom is -0.508 e. The van der Waals surface area contributed by atoms with Crippen molar-refractivity contribution >= 4 is 28.8 Å². The molecular weight excluding hydrogens is 673 g/mol. The molecule has 2 amide bonds. The molecule has 1 heterocycles. The van der Waals surface area contributed by atoms with Gasteiger partial charge in [0.1, 0.15) is 22.9 Å². The fourth-order valence-electron chi connectivity index (χ4n) is 5.89. The van der Waals surface area contributed by atoms with Gasteiger partial charge < -0.3 is 20.5 Å². The van der Waals surface area contributed by atoms with E-state index in [0.717, 1.165) is 22.4 Å². The van der Waals surface area contributed by atoms with Crippen molar-refractivity contribution in [2.45, 2.75) is 6.42 Å². The Morgan fingerprint density at radius 3 is 1.96 bits per heavy atom. The van der Waals surface area contributed by atoms with Gasteiger partial charge in [-0.3, -0.25) is 9.59 Å². The maximum absolute atomic E-state index is 14.1. The smallest absolute Gasteiger partial charge is 0.259 e. The van der Waals surface area contributed by atoms with E-state index in [0.29, 0.717) is 51.7 Å². The molecule has 0 radical (unpaired) electrons. The van der Waals surface area contributed by atoms with Crippen LogP contribution in [0.15, 0.2) is 188 Å². The number of rotatable bonds is 12. The molecule has 0 aliphatic heterocycles. The van der Waals surface area contributed by atoms with E-state index in [2.05, 4.69) is 17.2 Å². The van der Waals surface area contributed by atoms with E-state index in [9.17, 15) is 14.7 Å². The highest BCUT2D eigenvalue weighted by atomic mass is 16.5. The first-order valence-corrected chi connectivity index (χ1v) is 17.3. The summed E-state index contributed by atoms with van der Waals surface area (Å²) in [5, 5.41) is 20.6. The number of para-hydroxylation sites is 1. The van der Waals surface area contributed by atoms with Gasteiger partial charge in [0.2, 0.25) is 0 Å². The van der Waals surface area contributed by atoms with Crippen molar-refractivity contribution in [2.75, 3.05) is 10.6 Å². The highest BCUT2D eigenvalue weighted by molar-refractivity contribution is 6.15. The fourth-order valence-corrected chi connectivity index (χ4v) is 5.89. The van der Waals surface area contributed by atoms with Gasteiger partial charge in [-0.25, -0.2) is 4.68 Å². The van der Waals surface area contributed by atoms with Crippen molar-refractivity contribution in [3.8, 4) is 34.2 Å². The number of carbonyl (C=O) groups is 2. The molecule has 0 fully saturated rings. The zero-order valence-corrected chi connectivity index (χ0v) is 29.2.